The highest BCUT2D eigenvalue weighted by Crippen LogP contribution is 2.47. The zero-order valence-corrected chi connectivity index (χ0v) is 24.9. The summed E-state index contributed by atoms with van der Waals surface area (Å²) in [6.07, 6.45) is -2.77. The van der Waals surface area contributed by atoms with Crippen LogP contribution in [0, 0.1) is 12.7 Å². The van der Waals surface area contributed by atoms with Crippen molar-refractivity contribution >= 4 is 70.9 Å². The summed E-state index contributed by atoms with van der Waals surface area (Å²) in [7, 11) is -4.42. The Morgan fingerprint density at radius 1 is 0.800 bits per heavy atom. The van der Waals surface area contributed by atoms with Crippen LogP contribution in [0.15, 0.2) is 102 Å². The van der Waals surface area contributed by atoms with Gasteiger partial charge in [0.2, 0.25) is 0 Å². The van der Waals surface area contributed by atoms with Gasteiger partial charge in [-0.3, -0.25) is 0 Å². The maximum Gasteiger partial charge on any atom is 0.335 e. The van der Waals surface area contributed by atoms with Crippen LogP contribution in [0.4, 0.5) is 13.2 Å². The topological polar surface area (TPSA) is 76.4 Å². The first-order valence-electron chi connectivity index (χ1n) is 13.7. The van der Waals surface area contributed by atoms with E-state index in [1.807, 2.05) is 31.2 Å². The average molecular weight is 644 g/mol. The number of aryl methyl sites for hydroxylation is 1. The van der Waals surface area contributed by atoms with Crippen LogP contribution in [0.2, 0.25) is 5.02 Å². The molecule has 0 aliphatic carbocycles. The van der Waals surface area contributed by atoms with E-state index >= 15 is 0 Å². The third kappa shape index (κ3) is 4.37. The van der Waals surface area contributed by atoms with E-state index in [2.05, 4.69) is 0 Å². The van der Waals surface area contributed by atoms with Crippen molar-refractivity contribution in [3.05, 3.63) is 125 Å². The maximum absolute atomic E-state index is 14.9. The molecule has 1 N–H and O–H groups in total. The molecule has 6 aromatic carbocycles. The van der Waals surface area contributed by atoms with Crippen LogP contribution in [0.25, 0.3) is 54.5 Å². The summed E-state index contributed by atoms with van der Waals surface area (Å²) in [5.74, 6) is -1.69. The second-order valence-corrected chi connectivity index (χ2v) is 12.9. The zero-order valence-electron chi connectivity index (χ0n) is 23.4. The van der Waals surface area contributed by atoms with Crippen LogP contribution in [0.3, 0.4) is 0 Å². The molecule has 7 rings (SSSR count). The molecule has 1 heterocycles. The minimum absolute atomic E-state index is 0.0122. The average Bonchev–Trinajstić information content (AvgIpc) is 3.36. The molecule has 0 atom stereocenters. The van der Waals surface area contributed by atoms with Crippen molar-refractivity contribution in [3.63, 3.8) is 0 Å². The van der Waals surface area contributed by atoms with E-state index in [0.29, 0.717) is 38.1 Å². The van der Waals surface area contributed by atoms with Gasteiger partial charge in [0.1, 0.15) is 5.82 Å². The third-order valence-electron chi connectivity index (χ3n) is 8.17. The van der Waals surface area contributed by atoms with Gasteiger partial charge in [-0.15, -0.1) is 0 Å². The summed E-state index contributed by atoms with van der Waals surface area (Å²) in [6.45, 7) is 1.88. The molecule has 0 saturated carbocycles. The highest BCUT2D eigenvalue weighted by molar-refractivity contribution is 7.90. The van der Waals surface area contributed by atoms with E-state index in [4.69, 9.17) is 11.6 Å². The molecular weight excluding hydrogens is 623 g/mol. The number of rotatable bonds is 5. The van der Waals surface area contributed by atoms with Gasteiger partial charge in [-0.1, -0.05) is 66.2 Å². The highest BCUT2D eigenvalue weighted by Gasteiger charge is 2.28. The molecule has 0 saturated heterocycles. The fourth-order valence-corrected chi connectivity index (χ4v) is 8.03. The predicted molar refractivity (Wildman–Crippen MR) is 171 cm³/mol. The summed E-state index contributed by atoms with van der Waals surface area (Å²) < 4.78 is 71.6. The summed E-state index contributed by atoms with van der Waals surface area (Å²) in [5.41, 5.74) is 2.17. The molecule has 0 spiro atoms. The molecule has 0 amide bonds. The summed E-state index contributed by atoms with van der Waals surface area (Å²) in [5, 5.41) is 13.2. The second-order valence-electron chi connectivity index (χ2n) is 10.7. The molecule has 0 unspecified atom stereocenters. The molecule has 1 aromatic heterocycles. The Labute approximate surface area is 259 Å². The fraction of sp³-hybridized carbons (Fsp3) is 0.0571. The van der Waals surface area contributed by atoms with Crippen LogP contribution in [0.5, 0.6) is 0 Å². The standard InChI is InChI=1S/C35H21ClF3NO4S/c1-18-4-2-6-25-30(18)32-27-17-21(37)11-15-29(27)40(45(43,44)22-12-8-19(9-13-22)34(38)39)33(32)26-7-3-5-24(31(25)26)23-14-10-20(35(41)42)16-28(23)36/h2-17,34H,1H3,(H,41,42). The predicted octanol–water partition coefficient (Wildman–Crippen LogP) is 9.74. The molecule has 7 aromatic rings. The monoisotopic (exact) mass is 643 g/mol. The number of carboxylic acid groups (broad SMARTS) is 1. The summed E-state index contributed by atoms with van der Waals surface area (Å²) in [4.78, 5) is 11.4. The number of aromatic nitrogens is 1. The number of fused-ring (bicyclic) bond motifs is 8. The third-order valence-corrected chi connectivity index (χ3v) is 10.2. The van der Waals surface area contributed by atoms with Crippen LogP contribution in [0.1, 0.15) is 27.9 Å². The van der Waals surface area contributed by atoms with E-state index in [1.165, 1.54) is 30.3 Å². The Hall–Kier alpha value is -4.86. The molecule has 0 aliphatic rings. The van der Waals surface area contributed by atoms with Crippen LogP contribution in [-0.4, -0.2) is 23.5 Å². The number of alkyl halides is 2. The Morgan fingerprint density at radius 2 is 1.51 bits per heavy atom. The minimum Gasteiger partial charge on any atom is -0.478 e. The maximum atomic E-state index is 14.9. The minimum atomic E-state index is -4.42. The first-order chi connectivity index (χ1) is 21.5. The number of carbonyl (C=O) groups is 1. The SMILES string of the molecule is Cc1cccc2c3c(-c4ccc(C(=O)O)cc4Cl)cccc3c3c(c4cc(F)ccc4n3S(=O)(=O)c3ccc(C(F)F)cc3)c12. The van der Waals surface area contributed by atoms with E-state index in [1.54, 1.807) is 18.2 Å². The highest BCUT2D eigenvalue weighted by atomic mass is 35.5. The normalized spacial score (nSPS) is 12.2. The van der Waals surface area contributed by atoms with Gasteiger partial charge in [-0.25, -0.2) is 30.4 Å². The van der Waals surface area contributed by atoms with Gasteiger partial charge in [-0.2, -0.15) is 0 Å². The Balaban J connectivity index is 1.70. The first-order valence-corrected chi connectivity index (χ1v) is 15.6. The van der Waals surface area contributed by atoms with Gasteiger partial charge >= 0.3 is 5.97 Å². The molecule has 0 aliphatic heterocycles. The van der Waals surface area contributed by atoms with E-state index < -0.39 is 28.2 Å². The number of nitrogens with zero attached hydrogens (tertiary/aromatic N) is 1. The molecule has 45 heavy (non-hydrogen) atoms. The van der Waals surface area contributed by atoms with Gasteiger partial charge in [0.05, 0.1) is 21.5 Å². The van der Waals surface area contributed by atoms with Gasteiger partial charge in [0.15, 0.2) is 0 Å². The smallest absolute Gasteiger partial charge is 0.335 e. The van der Waals surface area contributed by atoms with Crippen molar-refractivity contribution in [1.82, 2.24) is 3.97 Å². The number of hydrogen-bond acceptors (Lipinski definition) is 3. The molecule has 0 fully saturated rings. The van der Waals surface area contributed by atoms with Crippen LogP contribution in [-0.2, 0) is 10.0 Å². The van der Waals surface area contributed by atoms with E-state index in [9.17, 15) is 31.5 Å². The molecule has 224 valence electrons. The van der Waals surface area contributed by atoms with Crippen molar-refractivity contribution in [1.29, 1.82) is 0 Å². The first kappa shape index (κ1) is 28.9. The van der Waals surface area contributed by atoms with Crippen molar-refractivity contribution in [3.8, 4) is 11.1 Å². The summed E-state index contributed by atoms with van der Waals surface area (Å²) in [6, 6.07) is 23.7. The van der Waals surface area contributed by atoms with Crippen molar-refractivity contribution < 1.29 is 31.5 Å². The lowest BCUT2D eigenvalue weighted by Crippen LogP contribution is -2.13. The van der Waals surface area contributed by atoms with Gasteiger partial charge in [-0.05, 0) is 76.7 Å². The number of halogens is 4. The number of aromatic carboxylic acids is 1. The number of carboxylic acids is 1. The Morgan fingerprint density at radius 3 is 2.20 bits per heavy atom. The van der Waals surface area contributed by atoms with Gasteiger partial charge in [0.25, 0.3) is 16.4 Å². The molecule has 10 heteroatoms. The lowest BCUT2D eigenvalue weighted by molar-refractivity contribution is 0.0697. The quantitative estimate of drug-likeness (QED) is 0.190. The van der Waals surface area contributed by atoms with Crippen LogP contribution >= 0.6 is 11.6 Å². The van der Waals surface area contributed by atoms with Gasteiger partial charge in [0, 0.05) is 32.3 Å². The second kappa shape index (κ2) is 10.4. The van der Waals surface area contributed by atoms with Crippen molar-refractivity contribution in [2.24, 2.45) is 0 Å². The molecule has 0 radical (unpaired) electrons. The van der Waals surface area contributed by atoms with E-state index in [-0.39, 0.29) is 32.1 Å². The Kier molecular flexibility index (Phi) is 6.65. The van der Waals surface area contributed by atoms with Gasteiger partial charge < -0.3 is 5.11 Å². The largest absolute Gasteiger partial charge is 0.478 e. The number of benzene rings is 6. The van der Waals surface area contributed by atoms with Crippen LogP contribution < -0.4 is 0 Å². The molecular formula is C35H21ClF3NO4S. The lowest BCUT2D eigenvalue weighted by Gasteiger charge is -2.17. The zero-order chi connectivity index (χ0) is 31.8. The molecule has 5 nitrogen and oxygen atoms in total. The lowest BCUT2D eigenvalue weighted by atomic mass is 9.89. The fourth-order valence-electron chi connectivity index (χ4n) is 6.21. The molecule has 0 bridgehead atoms. The van der Waals surface area contributed by atoms with Crippen molar-refractivity contribution in [2.75, 3.05) is 0 Å². The number of hydrogen-bond donors (Lipinski definition) is 1. The Bertz CT molecular complexity index is 2490. The van der Waals surface area contributed by atoms with E-state index in [0.717, 1.165) is 39.2 Å². The summed E-state index contributed by atoms with van der Waals surface area (Å²) >= 11 is 6.65. The van der Waals surface area contributed by atoms with Crippen molar-refractivity contribution in [2.45, 2.75) is 18.2 Å².